The first-order chi connectivity index (χ1) is 39.4. The fourth-order valence-electron chi connectivity index (χ4n) is 10.2. The Kier molecular flexibility index (Phi) is 14.6. The van der Waals surface area contributed by atoms with Gasteiger partial charge < -0.3 is 65.0 Å². The molecule has 25 heteroatoms. The van der Waals surface area contributed by atoms with Crippen LogP contribution in [0.1, 0.15) is 0 Å². The molecule has 0 aliphatic carbocycles. The van der Waals surface area contributed by atoms with E-state index in [1.165, 1.54) is 0 Å². The predicted molar refractivity (Wildman–Crippen MR) is 327 cm³/mol. The average Bonchev–Trinajstić information content (AvgIpc) is 3.09. The van der Waals surface area contributed by atoms with E-state index in [0.29, 0.717) is 58.1 Å². The lowest BCUT2D eigenvalue weighted by molar-refractivity contribution is 0.0635. The van der Waals surface area contributed by atoms with Crippen LogP contribution in [0.3, 0.4) is 0 Å². The zero-order valence-corrected chi connectivity index (χ0v) is 53.8. The summed E-state index contributed by atoms with van der Waals surface area (Å²) in [6.07, 6.45) is 0. The molecular weight excluding hydrogens is 1190 g/mol. The second-order valence-electron chi connectivity index (χ2n) is 19.7. The lowest BCUT2D eigenvalue weighted by Crippen LogP contribution is -2.89. The first kappa shape index (κ1) is 54.5. The fraction of sp³-hybridized carbons (Fsp3) is 0.0357. The van der Waals surface area contributed by atoms with Crippen LogP contribution in [0.15, 0.2) is 261 Å². The number of nitrogen functional groups attached to an aromatic ring is 2. The number of fused-ring (bicyclic) bond motifs is 6. The lowest BCUT2D eigenvalue weighted by Gasteiger charge is -2.56. The monoisotopic (exact) mass is 1240 g/mol. The SMILES string of the molecule is C[Si@]1(c2cccc(N)c2)O[Si]2(c3ccccc3)O[Si](c3ccccc3)O[Si]3(c4ccccc4)O[Si](c4ccccc4)(O[Si]4(c5ccccc5)O[Si](c5ccccc5)(O[Si]O[Si@](C)(c5cccc(N)c5)O[Si](c5ccccc5)(O3)O4)O2)O1. The second-order valence-corrected chi connectivity index (χ2v) is 46.7. The molecule has 4 aliphatic rings. The van der Waals surface area contributed by atoms with Gasteiger partial charge in [0.15, 0.2) is 0 Å². The highest BCUT2D eigenvalue weighted by Crippen LogP contribution is 2.42. The van der Waals surface area contributed by atoms with Crippen molar-refractivity contribution in [3.05, 3.63) is 261 Å². The molecule has 4 heterocycles. The van der Waals surface area contributed by atoms with Crippen LogP contribution in [0.4, 0.5) is 11.4 Å². The van der Waals surface area contributed by atoms with E-state index in [2.05, 4.69) is 0 Å². The first-order valence-corrected chi connectivity index (χ1v) is 43.3. The molecule has 0 aromatic heterocycles. The van der Waals surface area contributed by atoms with Crippen LogP contribution >= 0.6 is 0 Å². The summed E-state index contributed by atoms with van der Waals surface area (Å²) in [6, 6.07) is 82.5. The lowest BCUT2D eigenvalue weighted by atomic mass is 10.3. The van der Waals surface area contributed by atoms with Crippen molar-refractivity contribution in [1.82, 2.24) is 0 Å². The summed E-state index contributed by atoms with van der Waals surface area (Å²) in [5.74, 6) is 0. The minimum atomic E-state index is -5.12. The van der Waals surface area contributed by atoms with Crippen LogP contribution < -0.4 is 58.1 Å². The zero-order chi connectivity index (χ0) is 55.2. The second kappa shape index (κ2) is 21.8. The van der Waals surface area contributed by atoms with Gasteiger partial charge in [-0.15, -0.1) is 0 Å². The summed E-state index contributed by atoms with van der Waals surface area (Å²) in [4.78, 5) is 0. The molecule has 0 saturated carbocycles. The molecule has 0 amide bonds. The van der Waals surface area contributed by atoms with Crippen molar-refractivity contribution in [3.63, 3.8) is 0 Å². The van der Waals surface area contributed by atoms with Crippen molar-refractivity contribution >= 4 is 147 Å². The van der Waals surface area contributed by atoms with Crippen LogP contribution in [0, 0.1) is 0 Å². The van der Waals surface area contributed by atoms with Crippen LogP contribution in [-0.4, -0.2) is 89.2 Å². The van der Waals surface area contributed by atoms with Gasteiger partial charge in [0.1, 0.15) is 0 Å². The molecule has 9 aromatic carbocycles. The van der Waals surface area contributed by atoms with Crippen molar-refractivity contribution in [2.24, 2.45) is 0 Å². The molecule has 4 N–H and O–H groups in total. The molecule has 6 bridgehead atoms. The molecule has 405 valence electrons. The van der Waals surface area contributed by atoms with Gasteiger partial charge in [-0.1, -0.05) is 237 Å². The molecule has 81 heavy (non-hydrogen) atoms. The summed E-state index contributed by atoms with van der Waals surface area (Å²) in [7, 11) is -42.3. The van der Waals surface area contributed by atoms with Crippen molar-refractivity contribution in [2.45, 2.75) is 13.1 Å². The van der Waals surface area contributed by atoms with Crippen LogP contribution in [0.2, 0.25) is 13.1 Å². The molecule has 6 unspecified atom stereocenters. The molecule has 15 nitrogen and oxygen atoms in total. The average molecular weight is 1240 g/mol. The van der Waals surface area contributed by atoms with Crippen LogP contribution in [0.25, 0.3) is 0 Å². The Hall–Kier alpha value is -5.77. The molecule has 4 aliphatic heterocycles. The Morgan fingerprint density at radius 2 is 0.568 bits per heavy atom. The molecule has 0 spiro atoms. The third-order valence-corrected chi connectivity index (χ3v) is 51.6. The Balaban J connectivity index is 1.27. The van der Waals surface area contributed by atoms with Gasteiger partial charge in [0.25, 0.3) is 0 Å². The molecule has 9 aromatic rings. The number of anilines is 2. The standard InChI is InChI=1S/C56H53N2O13Si10/c1-74(55-42-24-26-46(57)44-55)59-72-60-76(49-30-12-4-13-31-49)66-77(50-32-14-5-15-33-50)61-73(48-28-10-3-11-29-48)62-78(51-34-16-6-17-35-51)68-79(63-74,52-36-18-7-19-37-52)70-81(67-76,54-40-22-9-23-41-54)71-80(69-78,53-38-20-8-21-39-53)65-75(2,64-77)56-43-25-27-47(58)45-56/h3-45H,57-58H2,1-2H3/t74-,75-,76?,77?,78?,79?,80?,81?/m0/s1. The summed E-state index contributed by atoms with van der Waals surface area (Å²) >= 11 is 0. The number of rotatable bonds is 9. The van der Waals surface area contributed by atoms with E-state index in [1.54, 1.807) is 0 Å². The van der Waals surface area contributed by atoms with E-state index in [-0.39, 0.29) is 0 Å². The minimum absolute atomic E-state index is 0.467. The van der Waals surface area contributed by atoms with E-state index in [0.717, 1.165) is 0 Å². The number of hydrogen-bond donors (Lipinski definition) is 2. The van der Waals surface area contributed by atoms with Crippen LogP contribution in [-0.2, 0) is 53.5 Å². The predicted octanol–water partition coefficient (Wildman–Crippen LogP) is 3.39. The summed E-state index contributed by atoms with van der Waals surface area (Å²) < 4.78 is 106. The number of nitrogens with two attached hydrogens (primary N) is 2. The fourth-order valence-corrected chi connectivity index (χ4v) is 56.8. The van der Waals surface area contributed by atoms with Crippen molar-refractivity contribution < 1.29 is 53.5 Å². The summed E-state index contributed by atoms with van der Waals surface area (Å²) in [6.45, 7) is 3.89. The van der Waals surface area contributed by atoms with Crippen LogP contribution in [0.5, 0.6) is 0 Å². The smallest absolute Gasteiger partial charge is 0.411 e. The van der Waals surface area contributed by atoms with E-state index in [9.17, 15) is 0 Å². The highest BCUT2D eigenvalue weighted by atomic mass is 28.6. The molecule has 4 fully saturated rings. The maximum atomic E-state index is 8.46. The zero-order valence-electron chi connectivity index (χ0n) is 43.8. The topological polar surface area (TPSA) is 172 Å². The first-order valence-electron chi connectivity index (χ1n) is 26.2. The number of hydrogen-bond acceptors (Lipinski definition) is 15. The van der Waals surface area contributed by atoms with Gasteiger partial charge in [0.2, 0.25) is 0 Å². The van der Waals surface area contributed by atoms with Crippen molar-refractivity contribution in [3.8, 4) is 0 Å². The molecule has 13 rings (SSSR count). The Morgan fingerprint density at radius 1 is 0.284 bits per heavy atom. The van der Waals surface area contributed by atoms with Crippen molar-refractivity contribution in [1.29, 1.82) is 0 Å². The molecule has 8 atom stereocenters. The quantitative estimate of drug-likeness (QED) is 0.159. The molecule has 3 radical (unpaired) electrons. The van der Waals surface area contributed by atoms with E-state index < -0.39 is 89.2 Å². The van der Waals surface area contributed by atoms with Gasteiger partial charge in [0, 0.05) is 42.5 Å². The largest absolute Gasteiger partial charge is 0.515 e. The van der Waals surface area contributed by atoms with Crippen molar-refractivity contribution in [2.75, 3.05) is 11.5 Å². The normalized spacial score (nSPS) is 30.6. The Labute approximate surface area is 483 Å². The minimum Gasteiger partial charge on any atom is -0.411 e. The third kappa shape index (κ3) is 10.3. The highest BCUT2D eigenvalue weighted by Gasteiger charge is 2.78. The van der Waals surface area contributed by atoms with Gasteiger partial charge >= 0.3 is 89.2 Å². The summed E-state index contributed by atoms with van der Waals surface area (Å²) in [5, 5.41) is 5.09. The van der Waals surface area contributed by atoms with Gasteiger partial charge in [-0.25, -0.2) is 0 Å². The number of benzene rings is 9. The van der Waals surface area contributed by atoms with Gasteiger partial charge in [-0.2, -0.15) is 0 Å². The van der Waals surface area contributed by atoms with Gasteiger partial charge in [-0.05, 0) is 52.9 Å². The maximum absolute atomic E-state index is 8.46. The van der Waals surface area contributed by atoms with E-state index >= 15 is 0 Å². The van der Waals surface area contributed by atoms with Gasteiger partial charge in [-0.3, -0.25) is 0 Å². The Morgan fingerprint density at radius 3 is 0.988 bits per heavy atom. The molecular formula is C56H53N2O13Si10. The highest BCUT2D eigenvalue weighted by molar-refractivity contribution is 7.10. The summed E-state index contributed by atoms with van der Waals surface area (Å²) in [5.41, 5.74) is 14.5. The van der Waals surface area contributed by atoms with E-state index in [4.69, 9.17) is 65.0 Å². The van der Waals surface area contributed by atoms with E-state index in [1.807, 2.05) is 274 Å². The van der Waals surface area contributed by atoms with Gasteiger partial charge in [0.05, 0.1) is 0 Å². The maximum Gasteiger partial charge on any atom is 0.515 e. The Bertz CT molecular complexity index is 3660. The molecule has 4 saturated heterocycles. The third-order valence-electron chi connectivity index (χ3n) is 14.1.